The second-order valence-electron chi connectivity index (χ2n) is 3.34. The van der Waals surface area contributed by atoms with E-state index in [1.165, 1.54) is 6.42 Å². The first-order chi connectivity index (χ1) is 5.13. The van der Waals surface area contributed by atoms with Gasteiger partial charge in [0, 0.05) is 19.3 Å². The van der Waals surface area contributed by atoms with Crippen LogP contribution in [0.4, 0.5) is 0 Å². The Morgan fingerprint density at radius 2 is 0.909 bits per heavy atom. The molecule has 0 aromatic rings. The third kappa shape index (κ3) is 1.31. The van der Waals surface area contributed by atoms with E-state index in [0.29, 0.717) is 19.3 Å². The Labute approximate surface area is 100 Å². The van der Waals surface area contributed by atoms with Gasteiger partial charge in [-0.05, 0) is 18.3 Å². The van der Waals surface area contributed by atoms with E-state index in [-0.39, 0.29) is 0 Å². The second-order valence-corrected chi connectivity index (χ2v) is 7.57. The van der Waals surface area contributed by atoms with Crippen LogP contribution >= 0.6 is 63.7 Å². The molecule has 2 rings (SSSR count). The molecule has 64 valence electrons. The quantitative estimate of drug-likeness (QED) is 0.533. The second kappa shape index (κ2) is 3.25. The summed E-state index contributed by atoms with van der Waals surface area (Å²) in [6, 6.07) is 0. The minimum absolute atomic E-state index is 0.658. The molecule has 6 atom stereocenters. The average molecular weight is 412 g/mol. The van der Waals surface area contributed by atoms with Crippen LogP contribution in [-0.4, -0.2) is 19.3 Å². The van der Waals surface area contributed by atoms with Crippen LogP contribution in [-0.2, 0) is 0 Å². The first-order valence-corrected chi connectivity index (χ1v) is 7.35. The molecule has 2 aliphatic rings. The van der Waals surface area contributed by atoms with Crippen molar-refractivity contribution in [2.24, 2.45) is 11.8 Å². The summed E-state index contributed by atoms with van der Waals surface area (Å²) >= 11 is 14.9. The minimum Gasteiger partial charge on any atom is -0.0875 e. The van der Waals surface area contributed by atoms with Crippen molar-refractivity contribution in [2.45, 2.75) is 25.7 Å². The van der Waals surface area contributed by atoms with Crippen LogP contribution in [0.3, 0.4) is 0 Å². The topological polar surface area (TPSA) is 0 Å². The molecule has 0 N–H and O–H groups in total. The van der Waals surface area contributed by atoms with Gasteiger partial charge in [0.1, 0.15) is 0 Å². The average Bonchev–Trinajstić information content (AvgIpc) is 2.40. The zero-order valence-corrected chi connectivity index (χ0v) is 12.0. The maximum absolute atomic E-state index is 3.73. The molecule has 0 heterocycles. The number of fused-ring (bicyclic) bond motifs is 2. The van der Waals surface area contributed by atoms with Gasteiger partial charge in [-0.1, -0.05) is 63.7 Å². The van der Waals surface area contributed by atoms with Crippen LogP contribution in [0.25, 0.3) is 0 Å². The van der Waals surface area contributed by atoms with Crippen LogP contribution in [0.15, 0.2) is 0 Å². The highest BCUT2D eigenvalue weighted by atomic mass is 79.9. The summed E-state index contributed by atoms with van der Waals surface area (Å²) < 4.78 is 0. The summed E-state index contributed by atoms with van der Waals surface area (Å²) in [5.41, 5.74) is 0. The third-order valence-electron chi connectivity index (χ3n) is 2.79. The van der Waals surface area contributed by atoms with Gasteiger partial charge < -0.3 is 0 Å². The molecule has 2 saturated carbocycles. The minimum atomic E-state index is 0.658. The summed E-state index contributed by atoms with van der Waals surface area (Å²) in [6.45, 7) is 0. The van der Waals surface area contributed by atoms with Gasteiger partial charge in [0.25, 0.3) is 0 Å². The monoisotopic (exact) mass is 408 g/mol. The van der Waals surface area contributed by atoms with Gasteiger partial charge >= 0.3 is 0 Å². The van der Waals surface area contributed by atoms with E-state index in [1.807, 2.05) is 0 Å². The van der Waals surface area contributed by atoms with E-state index in [2.05, 4.69) is 63.7 Å². The molecule has 2 fully saturated rings. The first-order valence-electron chi connectivity index (χ1n) is 3.69. The molecule has 0 aromatic carbocycles. The lowest BCUT2D eigenvalue weighted by Gasteiger charge is -2.30. The Balaban J connectivity index is 2.21. The molecule has 0 saturated heterocycles. The highest BCUT2D eigenvalue weighted by Crippen LogP contribution is 2.55. The van der Waals surface area contributed by atoms with Crippen molar-refractivity contribution in [3.63, 3.8) is 0 Å². The molecule has 0 nitrogen and oxygen atoms in total. The van der Waals surface area contributed by atoms with Gasteiger partial charge in [0.15, 0.2) is 0 Å². The van der Waals surface area contributed by atoms with Crippen LogP contribution in [0.5, 0.6) is 0 Å². The van der Waals surface area contributed by atoms with E-state index >= 15 is 0 Å². The van der Waals surface area contributed by atoms with Crippen molar-refractivity contribution >= 4 is 63.7 Å². The highest BCUT2D eigenvalue weighted by Gasteiger charge is 2.54. The van der Waals surface area contributed by atoms with Crippen molar-refractivity contribution in [1.82, 2.24) is 0 Å². The van der Waals surface area contributed by atoms with Crippen molar-refractivity contribution in [3.05, 3.63) is 0 Å². The fourth-order valence-electron chi connectivity index (χ4n) is 2.13. The van der Waals surface area contributed by atoms with Crippen LogP contribution < -0.4 is 0 Å². The largest absolute Gasteiger partial charge is 0.0875 e. The molecule has 0 aliphatic heterocycles. The lowest BCUT2D eigenvalue weighted by molar-refractivity contribution is 0.551. The molecular formula is C7H8Br4. The van der Waals surface area contributed by atoms with Gasteiger partial charge in [0.05, 0.1) is 0 Å². The van der Waals surface area contributed by atoms with Gasteiger partial charge in [-0.25, -0.2) is 0 Å². The Bertz CT molecular complexity index is 138. The molecule has 0 aromatic heterocycles. The third-order valence-corrected chi connectivity index (χ3v) is 9.20. The molecule has 11 heavy (non-hydrogen) atoms. The van der Waals surface area contributed by atoms with E-state index in [9.17, 15) is 0 Å². The maximum atomic E-state index is 3.73. The lowest BCUT2D eigenvalue weighted by atomic mass is 10.0. The number of rotatable bonds is 0. The van der Waals surface area contributed by atoms with E-state index in [0.717, 1.165) is 11.8 Å². The number of hydrogen-bond donors (Lipinski definition) is 0. The predicted octanol–water partition coefficient (Wildman–Crippen LogP) is 3.69. The highest BCUT2D eigenvalue weighted by molar-refractivity contribution is 9.13. The summed E-state index contributed by atoms with van der Waals surface area (Å²) in [5, 5.41) is 0. The summed E-state index contributed by atoms with van der Waals surface area (Å²) in [4.78, 5) is 2.63. The standard InChI is InChI=1S/C7H8Br4/c8-4-2-1-3(6(4)10)7(11)5(2)9/h2-7H,1H2/t2?,3?,4-,5+,6+,7-. The molecule has 2 aliphatic carbocycles. The fraction of sp³-hybridized carbons (Fsp3) is 1.00. The van der Waals surface area contributed by atoms with Crippen molar-refractivity contribution in [3.8, 4) is 0 Å². The van der Waals surface area contributed by atoms with Crippen LogP contribution in [0.1, 0.15) is 6.42 Å². The van der Waals surface area contributed by atoms with Crippen molar-refractivity contribution < 1.29 is 0 Å². The van der Waals surface area contributed by atoms with Crippen molar-refractivity contribution in [2.75, 3.05) is 0 Å². The van der Waals surface area contributed by atoms with Crippen LogP contribution in [0, 0.1) is 11.8 Å². The number of hydrogen-bond acceptors (Lipinski definition) is 0. The molecule has 2 bridgehead atoms. The predicted molar refractivity (Wildman–Crippen MR) is 62.5 cm³/mol. The smallest absolute Gasteiger partial charge is 0.0313 e. The van der Waals surface area contributed by atoms with Crippen LogP contribution in [0.2, 0.25) is 0 Å². The lowest BCUT2D eigenvalue weighted by Crippen LogP contribution is -2.36. The summed E-state index contributed by atoms with van der Waals surface area (Å²) in [6.07, 6.45) is 1.34. The SMILES string of the molecule is Br[C@@H]1C2CC([C@@H](Br)[C@H]2Br)[C@@H]1Br. The van der Waals surface area contributed by atoms with E-state index < -0.39 is 0 Å². The maximum Gasteiger partial charge on any atom is 0.0313 e. The van der Waals surface area contributed by atoms with Gasteiger partial charge in [-0.15, -0.1) is 0 Å². The Morgan fingerprint density at radius 1 is 0.636 bits per heavy atom. The van der Waals surface area contributed by atoms with E-state index in [1.54, 1.807) is 0 Å². The fourth-order valence-corrected chi connectivity index (χ4v) is 6.70. The Hall–Kier alpha value is 1.92. The summed E-state index contributed by atoms with van der Waals surface area (Å²) in [5.74, 6) is 1.60. The molecule has 2 unspecified atom stereocenters. The number of alkyl halides is 4. The van der Waals surface area contributed by atoms with Gasteiger partial charge in [0.2, 0.25) is 0 Å². The molecular weight excluding hydrogens is 404 g/mol. The number of halogens is 4. The normalized spacial score (nSPS) is 62.2. The molecule has 0 spiro atoms. The Kier molecular flexibility index (Phi) is 2.80. The molecule has 0 amide bonds. The molecule has 4 heteroatoms. The zero-order valence-electron chi connectivity index (χ0n) is 5.68. The molecule has 0 radical (unpaired) electrons. The first kappa shape index (κ1) is 9.47. The van der Waals surface area contributed by atoms with Gasteiger partial charge in [-0.3, -0.25) is 0 Å². The van der Waals surface area contributed by atoms with Gasteiger partial charge in [-0.2, -0.15) is 0 Å². The summed E-state index contributed by atoms with van der Waals surface area (Å²) in [7, 11) is 0. The zero-order chi connectivity index (χ0) is 8.17. The Morgan fingerprint density at radius 3 is 1.09 bits per heavy atom. The van der Waals surface area contributed by atoms with E-state index in [4.69, 9.17) is 0 Å². The van der Waals surface area contributed by atoms with Crippen molar-refractivity contribution in [1.29, 1.82) is 0 Å².